The summed E-state index contributed by atoms with van der Waals surface area (Å²) >= 11 is 0. The molecule has 0 saturated carbocycles. The van der Waals surface area contributed by atoms with E-state index in [1.165, 1.54) is 82.5 Å². The molecular weight excluding hydrogens is 536 g/mol. The number of pyridine rings is 1. The minimum atomic E-state index is -0.157. The summed E-state index contributed by atoms with van der Waals surface area (Å²) in [5.41, 5.74) is 14.0. The van der Waals surface area contributed by atoms with Crippen LogP contribution in [0.4, 0.5) is 0 Å². The number of rotatable bonds is 1. The zero-order valence-corrected chi connectivity index (χ0v) is 25.4. The van der Waals surface area contributed by atoms with Gasteiger partial charge in [0.2, 0.25) is 0 Å². The van der Waals surface area contributed by atoms with Crippen molar-refractivity contribution in [1.82, 2.24) is 19.4 Å². The fourth-order valence-electron chi connectivity index (χ4n) is 8.60. The average molecular weight is 569 g/mol. The first kappa shape index (κ1) is 24.4. The molecule has 4 heteroatoms. The van der Waals surface area contributed by atoms with Crippen LogP contribution in [0.25, 0.3) is 67.5 Å². The Kier molecular flexibility index (Phi) is 4.37. The number of para-hydroxylation sites is 2. The van der Waals surface area contributed by atoms with Crippen LogP contribution in [0.3, 0.4) is 0 Å². The quantitative estimate of drug-likeness (QED) is 0.228. The van der Waals surface area contributed by atoms with E-state index in [9.17, 15) is 0 Å². The molecule has 4 nitrogen and oxygen atoms in total. The fourth-order valence-corrected chi connectivity index (χ4v) is 8.60. The van der Waals surface area contributed by atoms with Gasteiger partial charge >= 0.3 is 0 Å². The van der Waals surface area contributed by atoms with Crippen LogP contribution in [0.15, 0.2) is 91.3 Å². The van der Waals surface area contributed by atoms with Crippen LogP contribution in [-0.4, -0.2) is 20.7 Å². The first-order valence-corrected chi connectivity index (χ1v) is 15.6. The van der Waals surface area contributed by atoms with Gasteiger partial charge in [-0.1, -0.05) is 70.2 Å². The zero-order valence-electron chi connectivity index (χ0n) is 25.4. The monoisotopic (exact) mass is 568 g/mol. The van der Waals surface area contributed by atoms with E-state index < -0.39 is 0 Å². The highest BCUT2D eigenvalue weighted by molar-refractivity contribution is 6.13. The molecule has 6 heterocycles. The third-order valence-electron chi connectivity index (χ3n) is 10.8. The van der Waals surface area contributed by atoms with E-state index in [1.807, 2.05) is 12.4 Å². The van der Waals surface area contributed by atoms with Crippen molar-refractivity contribution in [3.05, 3.63) is 124 Å². The normalized spacial score (nSPS) is 16.5. The van der Waals surface area contributed by atoms with E-state index in [4.69, 9.17) is 0 Å². The maximum absolute atomic E-state index is 4.57. The Morgan fingerprint density at radius 2 is 1.27 bits per heavy atom. The molecule has 0 fully saturated rings. The van der Waals surface area contributed by atoms with Crippen LogP contribution >= 0.6 is 0 Å². The molecule has 0 spiro atoms. The van der Waals surface area contributed by atoms with Crippen molar-refractivity contribution in [3.8, 4) is 22.5 Å². The van der Waals surface area contributed by atoms with Crippen LogP contribution in [0, 0.1) is 0 Å². The highest BCUT2D eigenvalue weighted by atomic mass is 15.0. The van der Waals surface area contributed by atoms with Gasteiger partial charge in [-0.2, -0.15) is 0 Å². The number of hydrogen-bond acceptors (Lipinski definition) is 2. The van der Waals surface area contributed by atoms with Gasteiger partial charge in [0.1, 0.15) is 0 Å². The fraction of sp³-hybridized carbons (Fsp3) is 0.175. The van der Waals surface area contributed by atoms with Crippen molar-refractivity contribution in [3.63, 3.8) is 0 Å². The number of fused-ring (bicyclic) bond motifs is 10. The Balaban J connectivity index is 1.35. The summed E-state index contributed by atoms with van der Waals surface area (Å²) in [6.45, 7) is 10.4. The molecule has 7 aromatic rings. The highest BCUT2D eigenvalue weighted by Gasteiger charge is 2.37. The second-order valence-electron chi connectivity index (χ2n) is 13.7. The minimum Gasteiger partial charge on any atom is -0.386 e. The van der Waals surface area contributed by atoms with Gasteiger partial charge in [0.15, 0.2) is 0 Å². The summed E-state index contributed by atoms with van der Waals surface area (Å²) in [6.07, 6.45) is 8.52. The predicted octanol–water partition coefficient (Wildman–Crippen LogP) is 7.19. The standard InChI is InChI=1S/C40H32N4/c1-39(2)29-9-5-7-11-33(29)43-35-21-41-15-13-25(35)27-17-23(19-31(39)37(27)43)24-18-28-26-14-16-42-22-36(26)44-34-12-8-6-10-30(34)40(3,4)32(20-24)38(28)44/h5-15,17-22,42H,16H2,1-4H3. The highest BCUT2D eigenvalue weighted by Crippen LogP contribution is 2.50. The van der Waals surface area contributed by atoms with Crippen LogP contribution in [-0.2, 0) is 10.8 Å². The molecule has 0 amide bonds. The van der Waals surface area contributed by atoms with E-state index in [0.29, 0.717) is 0 Å². The van der Waals surface area contributed by atoms with Crippen LogP contribution in [0.5, 0.6) is 0 Å². The molecule has 0 unspecified atom stereocenters. The largest absolute Gasteiger partial charge is 0.386 e. The second-order valence-corrected chi connectivity index (χ2v) is 13.7. The van der Waals surface area contributed by atoms with Crippen LogP contribution in [0.1, 0.15) is 49.9 Å². The van der Waals surface area contributed by atoms with E-state index in [-0.39, 0.29) is 10.8 Å². The van der Waals surface area contributed by atoms with Crippen molar-refractivity contribution >= 4 is 45.0 Å². The zero-order chi connectivity index (χ0) is 29.5. The molecule has 44 heavy (non-hydrogen) atoms. The lowest BCUT2D eigenvalue weighted by Crippen LogP contribution is -2.37. The molecule has 3 aliphatic heterocycles. The Hall–Kier alpha value is -5.09. The van der Waals surface area contributed by atoms with E-state index >= 15 is 0 Å². The number of benzene rings is 4. The Labute approximate surface area is 255 Å². The predicted molar refractivity (Wildman–Crippen MR) is 181 cm³/mol. The summed E-state index contributed by atoms with van der Waals surface area (Å²) in [4.78, 5) is 4.57. The first-order valence-electron chi connectivity index (χ1n) is 15.6. The lowest BCUT2D eigenvalue weighted by molar-refractivity contribution is 0.627. The lowest BCUT2D eigenvalue weighted by Gasteiger charge is -2.36. The molecule has 10 rings (SSSR count). The first-order chi connectivity index (χ1) is 21.4. The van der Waals surface area contributed by atoms with Gasteiger partial charge in [0.05, 0.1) is 39.5 Å². The molecule has 3 aliphatic rings. The van der Waals surface area contributed by atoms with E-state index in [1.54, 1.807) is 0 Å². The topological polar surface area (TPSA) is 34.8 Å². The van der Waals surface area contributed by atoms with Crippen LogP contribution in [0.2, 0.25) is 0 Å². The van der Waals surface area contributed by atoms with Crippen molar-refractivity contribution in [1.29, 1.82) is 0 Å². The maximum atomic E-state index is 4.57. The summed E-state index contributed by atoms with van der Waals surface area (Å²) in [5, 5.41) is 9.93. The van der Waals surface area contributed by atoms with E-state index in [0.717, 1.165) is 12.1 Å². The lowest BCUT2D eigenvalue weighted by atomic mass is 9.72. The molecule has 212 valence electrons. The van der Waals surface area contributed by atoms with Crippen molar-refractivity contribution in [2.24, 2.45) is 0 Å². The Morgan fingerprint density at radius 1 is 0.659 bits per heavy atom. The average Bonchev–Trinajstić information content (AvgIpc) is 3.56. The van der Waals surface area contributed by atoms with Gasteiger partial charge < -0.3 is 14.5 Å². The van der Waals surface area contributed by atoms with Crippen molar-refractivity contribution in [2.45, 2.75) is 38.5 Å². The smallest absolute Gasteiger partial charge is 0.0724 e. The summed E-state index contributed by atoms with van der Waals surface area (Å²) in [7, 11) is 0. The van der Waals surface area contributed by atoms with Gasteiger partial charge in [0, 0.05) is 51.1 Å². The molecule has 1 N–H and O–H groups in total. The molecule has 0 aliphatic carbocycles. The van der Waals surface area contributed by atoms with Gasteiger partial charge in [-0.3, -0.25) is 4.98 Å². The maximum Gasteiger partial charge on any atom is 0.0724 e. The van der Waals surface area contributed by atoms with Gasteiger partial charge in [-0.05, 0) is 75.8 Å². The Morgan fingerprint density at radius 3 is 1.98 bits per heavy atom. The number of nitrogens with one attached hydrogen (secondary N) is 1. The van der Waals surface area contributed by atoms with Gasteiger partial charge in [-0.15, -0.1) is 0 Å². The molecule has 3 aromatic heterocycles. The summed E-state index contributed by atoms with van der Waals surface area (Å²) in [6, 6.07) is 29.8. The van der Waals surface area contributed by atoms with Crippen molar-refractivity contribution in [2.75, 3.05) is 6.54 Å². The minimum absolute atomic E-state index is 0.145. The summed E-state index contributed by atoms with van der Waals surface area (Å²) in [5.74, 6) is 0. The van der Waals surface area contributed by atoms with Crippen molar-refractivity contribution < 1.29 is 0 Å². The number of nitrogens with zero attached hydrogens (tertiary/aromatic N) is 3. The number of aromatic nitrogens is 3. The number of hydrogen-bond donors (Lipinski definition) is 1. The van der Waals surface area contributed by atoms with Gasteiger partial charge in [-0.25, -0.2) is 0 Å². The van der Waals surface area contributed by atoms with Crippen LogP contribution < -0.4 is 15.9 Å². The third-order valence-corrected chi connectivity index (χ3v) is 10.8. The molecule has 0 radical (unpaired) electrons. The molecule has 0 bridgehead atoms. The molecule has 0 atom stereocenters. The third kappa shape index (κ3) is 2.78. The molecular formula is C40H32N4. The summed E-state index contributed by atoms with van der Waals surface area (Å²) < 4.78 is 4.93. The van der Waals surface area contributed by atoms with E-state index in [2.05, 4.69) is 138 Å². The molecule has 0 saturated heterocycles. The van der Waals surface area contributed by atoms with Gasteiger partial charge in [0.25, 0.3) is 0 Å². The molecule has 4 aromatic carbocycles. The SMILES string of the molecule is CC1(C)c2ccccc2-n2c3c(c4cc(-c5cc6c7c(c5)c5ccncc5n7-c5ccccc5C6(C)C)cc1c42)=CCNC=3. The Bertz CT molecular complexity index is 2560. The second kappa shape index (κ2) is 7.89.